The summed E-state index contributed by atoms with van der Waals surface area (Å²) < 4.78 is 5.80. The van der Waals surface area contributed by atoms with E-state index in [1.54, 1.807) is 6.92 Å². The smallest absolute Gasteiger partial charge is 0.130 e. The first-order chi connectivity index (χ1) is 9.20. The molecular formula is C16H18O3. The number of hydrogen-bond donors (Lipinski definition) is 2. The minimum absolute atomic E-state index is 0.0985. The molecule has 0 unspecified atom stereocenters. The van der Waals surface area contributed by atoms with Crippen molar-refractivity contribution < 1.29 is 14.9 Å². The fraction of sp³-hybridized carbons (Fsp3) is 0.250. The van der Waals surface area contributed by atoms with Gasteiger partial charge in [-0.05, 0) is 42.7 Å². The topological polar surface area (TPSA) is 49.7 Å². The minimum atomic E-state index is -0.476. The van der Waals surface area contributed by atoms with E-state index in [0.29, 0.717) is 6.42 Å². The maximum absolute atomic E-state index is 9.45. The maximum Gasteiger partial charge on any atom is 0.130 e. The molecule has 2 aromatic carbocycles. The molecule has 0 aliphatic carbocycles. The van der Waals surface area contributed by atoms with Crippen molar-refractivity contribution in [3.05, 3.63) is 59.7 Å². The average Bonchev–Trinajstić information content (AvgIpc) is 2.42. The molecule has 0 radical (unpaired) electrons. The largest absolute Gasteiger partial charge is 0.457 e. The standard InChI is InChI=1S/C16H18O3/c1-12(18)13-6-8-15(9-7-13)19-16-5-3-2-4-14(16)10-11-17/h2-9,12,17-18H,10-11H2,1H3/t12-/m1/s1. The SMILES string of the molecule is C[C@@H](O)c1ccc(Oc2ccccc2CCO)cc1. The number of ether oxygens (including phenoxy) is 1. The zero-order chi connectivity index (χ0) is 13.7. The summed E-state index contributed by atoms with van der Waals surface area (Å²) in [7, 11) is 0. The third-order valence-corrected chi connectivity index (χ3v) is 2.94. The first-order valence-corrected chi connectivity index (χ1v) is 6.35. The van der Waals surface area contributed by atoms with Crippen molar-refractivity contribution in [1.82, 2.24) is 0 Å². The highest BCUT2D eigenvalue weighted by Gasteiger charge is 2.05. The second-order valence-electron chi connectivity index (χ2n) is 4.43. The van der Waals surface area contributed by atoms with Gasteiger partial charge in [-0.2, -0.15) is 0 Å². The average molecular weight is 258 g/mol. The van der Waals surface area contributed by atoms with Crippen molar-refractivity contribution in [1.29, 1.82) is 0 Å². The molecule has 2 rings (SSSR count). The Morgan fingerprint density at radius 2 is 1.74 bits per heavy atom. The molecule has 0 spiro atoms. The van der Waals surface area contributed by atoms with Gasteiger partial charge in [-0.15, -0.1) is 0 Å². The van der Waals surface area contributed by atoms with Crippen molar-refractivity contribution in [3.63, 3.8) is 0 Å². The van der Waals surface area contributed by atoms with Crippen LogP contribution >= 0.6 is 0 Å². The molecule has 0 aromatic heterocycles. The summed E-state index contributed by atoms with van der Waals surface area (Å²) in [6.07, 6.45) is 0.0952. The molecule has 3 nitrogen and oxygen atoms in total. The summed E-state index contributed by atoms with van der Waals surface area (Å²) in [5.41, 5.74) is 1.83. The van der Waals surface area contributed by atoms with Gasteiger partial charge in [0.1, 0.15) is 11.5 Å². The van der Waals surface area contributed by atoms with E-state index in [9.17, 15) is 5.11 Å². The monoisotopic (exact) mass is 258 g/mol. The van der Waals surface area contributed by atoms with Crippen LogP contribution < -0.4 is 4.74 Å². The third kappa shape index (κ3) is 3.56. The molecule has 0 heterocycles. The van der Waals surface area contributed by atoms with Gasteiger partial charge in [0.25, 0.3) is 0 Å². The first kappa shape index (κ1) is 13.6. The molecule has 100 valence electrons. The Labute approximate surface area is 113 Å². The van der Waals surface area contributed by atoms with E-state index in [2.05, 4.69) is 0 Å². The minimum Gasteiger partial charge on any atom is -0.457 e. The van der Waals surface area contributed by atoms with Gasteiger partial charge < -0.3 is 14.9 Å². The molecule has 0 bridgehead atoms. The first-order valence-electron chi connectivity index (χ1n) is 6.35. The molecule has 2 aromatic rings. The van der Waals surface area contributed by atoms with E-state index in [-0.39, 0.29) is 6.61 Å². The summed E-state index contributed by atoms with van der Waals surface area (Å²) in [4.78, 5) is 0. The van der Waals surface area contributed by atoms with Crippen LogP contribution in [0.2, 0.25) is 0 Å². The third-order valence-electron chi connectivity index (χ3n) is 2.94. The van der Waals surface area contributed by atoms with Crippen LogP contribution in [0.15, 0.2) is 48.5 Å². The van der Waals surface area contributed by atoms with Crippen molar-refractivity contribution >= 4 is 0 Å². The fourth-order valence-electron chi connectivity index (χ4n) is 1.87. The zero-order valence-corrected chi connectivity index (χ0v) is 10.9. The molecular weight excluding hydrogens is 240 g/mol. The molecule has 0 amide bonds. The summed E-state index contributed by atoms with van der Waals surface area (Å²) >= 11 is 0. The molecule has 0 aliphatic heterocycles. The quantitative estimate of drug-likeness (QED) is 0.866. The van der Waals surface area contributed by atoms with Gasteiger partial charge in [0, 0.05) is 6.61 Å². The molecule has 0 fully saturated rings. The Hall–Kier alpha value is -1.84. The molecule has 0 saturated carbocycles. The van der Waals surface area contributed by atoms with Gasteiger partial charge in [-0.3, -0.25) is 0 Å². The molecule has 19 heavy (non-hydrogen) atoms. The fourth-order valence-corrected chi connectivity index (χ4v) is 1.87. The van der Waals surface area contributed by atoms with E-state index in [4.69, 9.17) is 9.84 Å². The van der Waals surface area contributed by atoms with Gasteiger partial charge in [0.05, 0.1) is 6.10 Å². The molecule has 1 atom stereocenters. The number of aliphatic hydroxyl groups excluding tert-OH is 2. The van der Waals surface area contributed by atoms with E-state index < -0.39 is 6.10 Å². The zero-order valence-electron chi connectivity index (χ0n) is 10.9. The molecule has 3 heteroatoms. The van der Waals surface area contributed by atoms with E-state index >= 15 is 0 Å². The predicted octanol–water partition coefficient (Wildman–Crippen LogP) is 3.07. The lowest BCUT2D eigenvalue weighted by molar-refractivity contribution is 0.199. The van der Waals surface area contributed by atoms with E-state index in [1.165, 1.54) is 0 Å². The Bertz CT molecular complexity index is 518. The van der Waals surface area contributed by atoms with Crippen LogP contribution in [0.1, 0.15) is 24.2 Å². The second kappa shape index (κ2) is 6.36. The van der Waals surface area contributed by atoms with Crippen molar-refractivity contribution in [2.24, 2.45) is 0 Å². The van der Waals surface area contributed by atoms with Gasteiger partial charge >= 0.3 is 0 Å². The predicted molar refractivity (Wildman–Crippen MR) is 74.4 cm³/mol. The lowest BCUT2D eigenvalue weighted by Gasteiger charge is -2.11. The number of hydrogen-bond acceptors (Lipinski definition) is 3. The Morgan fingerprint density at radius 3 is 2.37 bits per heavy atom. The van der Waals surface area contributed by atoms with Gasteiger partial charge in [0.2, 0.25) is 0 Å². The normalized spacial score (nSPS) is 12.2. The van der Waals surface area contributed by atoms with Crippen molar-refractivity contribution in [2.45, 2.75) is 19.4 Å². The summed E-state index contributed by atoms with van der Waals surface area (Å²) in [5.74, 6) is 1.47. The van der Waals surface area contributed by atoms with E-state index in [0.717, 1.165) is 22.6 Å². The number of aliphatic hydroxyl groups is 2. The van der Waals surface area contributed by atoms with Crippen molar-refractivity contribution in [3.8, 4) is 11.5 Å². The van der Waals surface area contributed by atoms with Crippen molar-refractivity contribution in [2.75, 3.05) is 6.61 Å². The second-order valence-corrected chi connectivity index (χ2v) is 4.43. The highest BCUT2D eigenvalue weighted by atomic mass is 16.5. The summed E-state index contributed by atoms with van der Waals surface area (Å²) in [6.45, 7) is 1.83. The summed E-state index contributed by atoms with van der Waals surface area (Å²) in [5, 5.41) is 18.5. The maximum atomic E-state index is 9.45. The number of rotatable bonds is 5. The van der Waals surface area contributed by atoms with Crippen LogP contribution in [0, 0.1) is 0 Å². The van der Waals surface area contributed by atoms with E-state index in [1.807, 2.05) is 48.5 Å². The van der Waals surface area contributed by atoms with Crippen LogP contribution in [0.25, 0.3) is 0 Å². The molecule has 0 saturated heterocycles. The van der Waals surface area contributed by atoms with Gasteiger partial charge in [0.15, 0.2) is 0 Å². The van der Waals surface area contributed by atoms with Gasteiger partial charge in [-0.25, -0.2) is 0 Å². The Balaban J connectivity index is 2.16. The highest BCUT2D eigenvalue weighted by molar-refractivity contribution is 5.38. The Morgan fingerprint density at radius 1 is 1.05 bits per heavy atom. The lowest BCUT2D eigenvalue weighted by atomic mass is 10.1. The lowest BCUT2D eigenvalue weighted by Crippen LogP contribution is -1.95. The number of para-hydroxylation sites is 1. The van der Waals surface area contributed by atoms with Crippen LogP contribution in [0.5, 0.6) is 11.5 Å². The molecule has 0 aliphatic rings. The van der Waals surface area contributed by atoms with Crippen LogP contribution in [-0.2, 0) is 6.42 Å². The molecule has 2 N–H and O–H groups in total. The number of benzene rings is 2. The van der Waals surface area contributed by atoms with Gasteiger partial charge in [-0.1, -0.05) is 30.3 Å². The highest BCUT2D eigenvalue weighted by Crippen LogP contribution is 2.26. The van der Waals surface area contributed by atoms with Crippen LogP contribution in [-0.4, -0.2) is 16.8 Å². The van der Waals surface area contributed by atoms with Crippen LogP contribution in [0.4, 0.5) is 0 Å². The summed E-state index contributed by atoms with van der Waals surface area (Å²) in [6, 6.07) is 15.0. The van der Waals surface area contributed by atoms with Crippen LogP contribution in [0.3, 0.4) is 0 Å². The Kier molecular flexibility index (Phi) is 4.55.